The molecule has 0 bridgehead atoms. The number of anilines is 1. The molecule has 0 fully saturated rings. The normalized spacial score (nSPS) is 10.4. The van der Waals surface area contributed by atoms with Crippen LogP contribution in [0.3, 0.4) is 0 Å². The van der Waals surface area contributed by atoms with Crippen molar-refractivity contribution in [2.24, 2.45) is 0 Å². The number of rotatable bonds is 6. The molecule has 0 aliphatic carbocycles. The molecule has 2 rings (SSSR count). The topological polar surface area (TPSA) is 133 Å². The van der Waals surface area contributed by atoms with Crippen molar-refractivity contribution < 1.29 is 14.6 Å². The fourth-order valence-corrected chi connectivity index (χ4v) is 2.12. The Labute approximate surface area is 140 Å². The summed E-state index contributed by atoms with van der Waals surface area (Å²) in [6.45, 7) is 1.62. The molecule has 10 nitrogen and oxygen atoms in total. The molecule has 0 saturated carbocycles. The van der Waals surface area contributed by atoms with Gasteiger partial charge < -0.3 is 5.32 Å². The molecular formula is C13H12ClN5O5. The number of nitrogens with one attached hydrogen (secondary N) is 1. The number of non-ortho nitro benzene ring substituents is 1. The van der Waals surface area contributed by atoms with E-state index in [1.807, 2.05) is 0 Å². The molecule has 1 aromatic heterocycles. The van der Waals surface area contributed by atoms with E-state index in [1.54, 1.807) is 0 Å². The zero-order valence-corrected chi connectivity index (χ0v) is 13.2. The highest BCUT2D eigenvalue weighted by molar-refractivity contribution is 6.33. The maximum Gasteiger partial charge on any atom is 0.309 e. The smallest absolute Gasteiger partial charge is 0.309 e. The molecule has 11 heteroatoms. The van der Waals surface area contributed by atoms with Crippen LogP contribution >= 0.6 is 11.6 Å². The van der Waals surface area contributed by atoms with Gasteiger partial charge in [-0.2, -0.15) is 5.10 Å². The largest absolute Gasteiger partial charge is 0.325 e. The Morgan fingerprint density at radius 3 is 2.62 bits per heavy atom. The average molecular weight is 354 g/mol. The third kappa shape index (κ3) is 4.04. The summed E-state index contributed by atoms with van der Waals surface area (Å²) < 4.78 is 1.29. The van der Waals surface area contributed by atoms with Crippen molar-refractivity contribution in [3.8, 4) is 0 Å². The second-order valence-electron chi connectivity index (χ2n) is 4.84. The van der Waals surface area contributed by atoms with Gasteiger partial charge in [-0.05, 0) is 13.0 Å². The van der Waals surface area contributed by atoms with Crippen LogP contribution in [0.25, 0.3) is 0 Å². The van der Waals surface area contributed by atoms with Gasteiger partial charge >= 0.3 is 5.69 Å². The molecule has 1 heterocycles. The number of hydrogen-bond acceptors (Lipinski definition) is 6. The predicted octanol–water partition coefficient (Wildman–Crippen LogP) is 2.69. The van der Waals surface area contributed by atoms with Crippen molar-refractivity contribution in [1.29, 1.82) is 0 Å². The lowest BCUT2D eigenvalue weighted by atomic mass is 10.2. The molecule has 126 valence electrons. The SMILES string of the molecule is Cc1nn(CCC(=O)Nc2cc([N+](=O)[O-])ccc2Cl)cc1[N+](=O)[O-]. The van der Waals surface area contributed by atoms with Crippen LogP contribution in [0.5, 0.6) is 0 Å². The highest BCUT2D eigenvalue weighted by Crippen LogP contribution is 2.26. The number of amides is 1. The Balaban J connectivity index is 2.01. The molecule has 24 heavy (non-hydrogen) atoms. The summed E-state index contributed by atoms with van der Waals surface area (Å²) in [5.41, 5.74) is 0.0470. The summed E-state index contributed by atoms with van der Waals surface area (Å²) in [4.78, 5) is 32.3. The van der Waals surface area contributed by atoms with Gasteiger partial charge in [-0.15, -0.1) is 0 Å². The third-order valence-corrected chi connectivity index (χ3v) is 3.45. The summed E-state index contributed by atoms with van der Waals surface area (Å²) >= 11 is 5.89. The van der Waals surface area contributed by atoms with Gasteiger partial charge in [-0.3, -0.25) is 29.7 Å². The van der Waals surface area contributed by atoms with Crippen LogP contribution in [0, 0.1) is 27.2 Å². The lowest BCUT2D eigenvalue weighted by Gasteiger charge is -2.07. The van der Waals surface area contributed by atoms with E-state index in [1.165, 1.54) is 29.9 Å². The first kappa shape index (κ1) is 17.3. The van der Waals surface area contributed by atoms with E-state index in [4.69, 9.17) is 11.6 Å². The minimum absolute atomic E-state index is 0.0305. The Morgan fingerprint density at radius 1 is 1.33 bits per heavy atom. The van der Waals surface area contributed by atoms with E-state index >= 15 is 0 Å². The molecule has 1 amide bonds. The van der Waals surface area contributed by atoms with Crippen molar-refractivity contribution in [1.82, 2.24) is 9.78 Å². The summed E-state index contributed by atoms with van der Waals surface area (Å²) in [7, 11) is 0. The predicted molar refractivity (Wildman–Crippen MR) is 85.0 cm³/mol. The molecule has 0 atom stereocenters. The number of carbonyl (C=O) groups excluding carboxylic acids is 1. The van der Waals surface area contributed by atoms with Gasteiger partial charge in [0.1, 0.15) is 11.9 Å². The first-order chi connectivity index (χ1) is 11.3. The number of nitro benzene ring substituents is 1. The maximum absolute atomic E-state index is 11.9. The van der Waals surface area contributed by atoms with Gasteiger partial charge in [0.05, 0.1) is 20.6 Å². The van der Waals surface area contributed by atoms with Crippen molar-refractivity contribution in [2.45, 2.75) is 19.9 Å². The van der Waals surface area contributed by atoms with Crippen LogP contribution < -0.4 is 5.32 Å². The average Bonchev–Trinajstić information content (AvgIpc) is 2.88. The lowest BCUT2D eigenvalue weighted by Crippen LogP contribution is -2.15. The fourth-order valence-electron chi connectivity index (χ4n) is 1.95. The van der Waals surface area contributed by atoms with Crippen molar-refractivity contribution in [3.63, 3.8) is 0 Å². The minimum atomic E-state index is -0.600. The Morgan fingerprint density at radius 2 is 2.04 bits per heavy atom. The molecule has 0 saturated heterocycles. The molecule has 0 aliphatic heterocycles. The quantitative estimate of drug-likeness (QED) is 0.626. The number of nitro groups is 2. The van der Waals surface area contributed by atoms with Gasteiger partial charge in [0.2, 0.25) is 5.91 Å². The number of nitrogens with zero attached hydrogens (tertiary/aromatic N) is 4. The Kier molecular flexibility index (Phi) is 5.09. The molecule has 1 aromatic carbocycles. The van der Waals surface area contributed by atoms with Gasteiger partial charge in [-0.25, -0.2) is 0 Å². The number of halogens is 1. The summed E-state index contributed by atoms with van der Waals surface area (Å²) in [5.74, 6) is -0.451. The molecule has 1 N–H and O–H groups in total. The maximum atomic E-state index is 11.9. The summed E-state index contributed by atoms with van der Waals surface area (Å²) in [6, 6.07) is 3.70. The molecule has 2 aromatic rings. The van der Waals surface area contributed by atoms with Crippen LogP contribution in [0.2, 0.25) is 5.02 Å². The van der Waals surface area contributed by atoms with E-state index in [0.29, 0.717) is 0 Å². The summed E-state index contributed by atoms with van der Waals surface area (Å²) in [5, 5.41) is 28.1. The van der Waals surface area contributed by atoms with Crippen molar-refractivity contribution in [3.05, 3.63) is 55.3 Å². The highest BCUT2D eigenvalue weighted by atomic mass is 35.5. The molecule has 0 spiro atoms. The minimum Gasteiger partial charge on any atom is -0.325 e. The highest BCUT2D eigenvalue weighted by Gasteiger charge is 2.16. The first-order valence-corrected chi connectivity index (χ1v) is 7.08. The van der Waals surface area contributed by atoms with Gasteiger partial charge in [0, 0.05) is 25.1 Å². The second kappa shape index (κ2) is 7.04. The van der Waals surface area contributed by atoms with Crippen LogP contribution in [-0.4, -0.2) is 25.5 Å². The third-order valence-electron chi connectivity index (χ3n) is 3.12. The van der Waals surface area contributed by atoms with E-state index < -0.39 is 15.8 Å². The van der Waals surface area contributed by atoms with E-state index in [0.717, 1.165) is 6.07 Å². The molecular weight excluding hydrogens is 342 g/mol. The van der Waals surface area contributed by atoms with Crippen molar-refractivity contribution >= 4 is 34.6 Å². The summed E-state index contributed by atoms with van der Waals surface area (Å²) in [6.07, 6.45) is 1.21. The number of carbonyl (C=O) groups is 1. The first-order valence-electron chi connectivity index (χ1n) is 6.70. The Hall–Kier alpha value is -3.01. The fraction of sp³-hybridized carbons (Fsp3) is 0.231. The van der Waals surface area contributed by atoms with Gasteiger partial charge in [0.25, 0.3) is 5.69 Å². The zero-order chi connectivity index (χ0) is 17.9. The number of hydrogen-bond donors (Lipinski definition) is 1. The number of aromatic nitrogens is 2. The molecule has 0 radical (unpaired) electrons. The van der Waals surface area contributed by atoms with Crippen LogP contribution in [-0.2, 0) is 11.3 Å². The second-order valence-corrected chi connectivity index (χ2v) is 5.25. The lowest BCUT2D eigenvalue weighted by molar-refractivity contribution is -0.385. The van der Waals surface area contributed by atoms with E-state index in [-0.39, 0.29) is 40.7 Å². The van der Waals surface area contributed by atoms with Gasteiger partial charge in [0.15, 0.2) is 0 Å². The number of aryl methyl sites for hydroxylation is 2. The van der Waals surface area contributed by atoms with E-state index in [2.05, 4.69) is 10.4 Å². The van der Waals surface area contributed by atoms with Crippen LogP contribution in [0.4, 0.5) is 17.1 Å². The number of benzene rings is 1. The van der Waals surface area contributed by atoms with Crippen LogP contribution in [0.15, 0.2) is 24.4 Å². The van der Waals surface area contributed by atoms with Crippen molar-refractivity contribution in [2.75, 3.05) is 5.32 Å². The Bertz CT molecular complexity index is 819. The zero-order valence-electron chi connectivity index (χ0n) is 12.4. The van der Waals surface area contributed by atoms with Crippen LogP contribution in [0.1, 0.15) is 12.1 Å². The van der Waals surface area contributed by atoms with E-state index in [9.17, 15) is 25.0 Å². The van der Waals surface area contributed by atoms with Gasteiger partial charge in [-0.1, -0.05) is 11.6 Å². The molecule has 0 aliphatic rings. The molecule has 0 unspecified atom stereocenters. The standard InChI is InChI=1S/C13H12ClN5O5/c1-8-12(19(23)24)7-17(16-8)5-4-13(20)15-11-6-9(18(21)22)2-3-10(11)14/h2-3,6-7H,4-5H2,1H3,(H,15,20). The monoisotopic (exact) mass is 353 g/mol.